The van der Waals surface area contributed by atoms with E-state index in [2.05, 4.69) is 15.3 Å². The number of anilines is 1. The Morgan fingerprint density at radius 3 is 3.10 bits per heavy atom. The second-order valence-electron chi connectivity index (χ2n) is 4.99. The van der Waals surface area contributed by atoms with Crippen molar-refractivity contribution >= 4 is 5.82 Å². The van der Waals surface area contributed by atoms with Crippen LogP contribution in [0.2, 0.25) is 0 Å². The molecule has 0 radical (unpaired) electrons. The smallest absolute Gasteiger partial charge is 0.142 e. The Bertz CT molecular complexity index is 635. The van der Waals surface area contributed by atoms with Crippen LogP contribution in [0, 0.1) is 11.3 Å². The second-order valence-corrected chi connectivity index (χ2v) is 4.99. The quantitative estimate of drug-likeness (QED) is 0.856. The Balaban J connectivity index is 1.74. The second kappa shape index (κ2) is 4.90. The molecule has 1 aliphatic rings. The molecule has 102 valence electrons. The van der Waals surface area contributed by atoms with Gasteiger partial charge in [-0.25, -0.2) is 9.67 Å². The van der Waals surface area contributed by atoms with Crippen molar-refractivity contribution in [2.24, 2.45) is 0 Å². The van der Waals surface area contributed by atoms with Crippen LogP contribution in [0.5, 0.6) is 0 Å². The molecule has 20 heavy (non-hydrogen) atoms. The van der Waals surface area contributed by atoms with Gasteiger partial charge in [-0.1, -0.05) is 11.3 Å². The molecule has 0 aliphatic carbocycles. The average molecular weight is 270 g/mol. The maximum absolute atomic E-state index is 10.6. The highest BCUT2D eigenvalue weighted by atomic mass is 16.3. The maximum Gasteiger partial charge on any atom is 0.142 e. The van der Waals surface area contributed by atoms with E-state index in [-0.39, 0.29) is 0 Å². The van der Waals surface area contributed by atoms with Crippen LogP contribution in [-0.2, 0) is 6.54 Å². The van der Waals surface area contributed by atoms with Gasteiger partial charge in [-0.15, -0.1) is 5.10 Å². The fourth-order valence-electron chi connectivity index (χ4n) is 2.46. The Morgan fingerprint density at radius 1 is 1.45 bits per heavy atom. The van der Waals surface area contributed by atoms with E-state index in [1.165, 1.54) is 0 Å². The van der Waals surface area contributed by atoms with Crippen LogP contribution < -0.4 is 4.90 Å². The minimum Gasteiger partial charge on any atom is -0.386 e. The molecule has 1 saturated heterocycles. The van der Waals surface area contributed by atoms with E-state index in [0.29, 0.717) is 31.7 Å². The van der Waals surface area contributed by atoms with Crippen molar-refractivity contribution in [3.05, 3.63) is 36.3 Å². The van der Waals surface area contributed by atoms with Crippen molar-refractivity contribution in [2.45, 2.75) is 18.6 Å². The van der Waals surface area contributed by atoms with Crippen LogP contribution in [0.15, 0.2) is 30.6 Å². The molecule has 1 aliphatic heterocycles. The summed E-state index contributed by atoms with van der Waals surface area (Å²) in [4.78, 5) is 6.24. The first kappa shape index (κ1) is 12.6. The van der Waals surface area contributed by atoms with E-state index in [4.69, 9.17) is 5.26 Å². The van der Waals surface area contributed by atoms with E-state index in [1.807, 2.05) is 17.0 Å². The normalized spacial score (nSPS) is 21.9. The fourth-order valence-corrected chi connectivity index (χ4v) is 2.46. The van der Waals surface area contributed by atoms with Gasteiger partial charge in [0.15, 0.2) is 0 Å². The Kier molecular flexibility index (Phi) is 3.08. The lowest BCUT2D eigenvalue weighted by Crippen LogP contribution is -2.38. The molecule has 1 unspecified atom stereocenters. The van der Waals surface area contributed by atoms with Crippen LogP contribution in [0.25, 0.3) is 0 Å². The topological polar surface area (TPSA) is 90.9 Å². The molecule has 3 rings (SSSR count). The molecule has 1 fully saturated rings. The highest BCUT2D eigenvalue weighted by Gasteiger charge is 2.37. The third-order valence-corrected chi connectivity index (χ3v) is 3.43. The van der Waals surface area contributed by atoms with Gasteiger partial charge in [0, 0.05) is 19.3 Å². The maximum atomic E-state index is 10.6. The van der Waals surface area contributed by atoms with Crippen molar-refractivity contribution in [3.63, 3.8) is 0 Å². The molecule has 7 heteroatoms. The molecule has 3 heterocycles. The van der Waals surface area contributed by atoms with Crippen molar-refractivity contribution in [1.82, 2.24) is 20.0 Å². The molecule has 2 aromatic heterocycles. The largest absolute Gasteiger partial charge is 0.386 e. The number of hydrogen-bond donors (Lipinski definition) is 1. The molecule has 0 bridgehead atoms. The molecule has 0 saturated carbocycles. The lowest BCUT2D eigenvalue weighted by Gasteiger charge is -2.23. The number of hydrogen-bond acceptors (Lipinski definition) is 6. The molecule has 2 aromatic rings. The number of aromatic nitrogens is 4. The fraction of sp³-hybridized carbons (Fsp3) is 0.385. The van der Waals surface area contributed by atoms with Gasteiger partial charge in [0.1, 0.15) is 23.2 Å². The summed E-state index contributed by atoms with van der Waals surface area (Å²) in [5, 5.41) is 27.1. The molecular formula is C13H14N6O. The molecule has 0 aromatic carbocycles. The van der Waals surface area contributed by atoms with Crippen LogP contribution >= 0.6 is 0 Å². The first-order chi connectivity index (χ1) is 9.68. The molecule has 1 atom stereocenters. The van der Waals surface area contributed by atoms with E-state index >= 15 is 0 Å². The Hall–Kier alpha value is -2.46. The number of nitriles is 1. The number of β-amino-alcohol motifs (C(OH)–C–C–N with tert-alkyl or cyclic N) is 1. The summed E-state index contributed by atoms with van der Waals surface area (Å²) in [5.74, 6) is 0.721. The van der Waals surface area contributed by atoms with Crippen LogP contribution in [-0.4, -0.2) is 43.8 Å². The predicted octanol–water partition coefficient (Wildman–Crippen LogP) is 0.186. The summed E-state index contributed by atoms with van der Waals surface area (Å²) in [7, 11) is 0. The van der Waals surface area contributed by atoms with Gasteiger partial charge in [0.25, 0.3) is 0 Å². The molecule has 0 amide bonds. The van der Waals surface area contributed by atoms with Gasteiger partial charge in [-0.05, 0) is 18.6 Å². The number of nitrogens with zero attached hydrogens (tertiary/aromatic N) is 6. The van der Waals surface area contributed by atoms with Gasteiger partial charge in [-0.2, -0.15) is 5.26 Å². The van der Waals surface area contributed by atoms with Gasteiger partial charge in [0.05, 0.1) is 12.7 Å². The number of pyridine rings is 1. The zero-order valence-corrected chi connectivity index (χ0v) is 10.8. The first-order valence-electron chi connectivity index (χ1n) is 6.37. The minimum absolute atomic E-state index is 0.384. The average Bonchev–Trinajstić information content (AvgIpc) is 3.09. The van der Waals surface area contributed by atoms with Gasteiger partial charge >= 0.3 is 0 Å². The van der Waals surface area contributed by atoms with Gasteiger partial charge in [0.2, 0.25) is 0 Å². The summed E-state index contributed by atoms with van der Waals surface area (Å²) in [6, 6.07) is 7.34. The van der Waals surface area contributed by atoms with Gasteiger partial charge in [-0.3, -0.25) is 0 Å². The van der Waals surface area contributed by atoms with E-state index in [0.717, 1.165) is 5.82 Å². The molecular weight excluding hydrogens is 256 g/mol. The molecule has 7 nitrogen and oxygen atoms in total. The highest BCUT2D eigenvalue weighted by molar-refractivity contribution is 5.43. The SMILES string of the molecule is N#Cc1cccc(N2CCC(O)(Cn3ccnn3)C2)n1. The molecule has 1 N–H and O–H groups in total. The van der Waals surface area contributed by atoms with Crippen molar-refractivity contribution < 1.29 is 5.11 Å². The monoisotopic (exact) mass is 270 g/mol. The minimum atomic E-state index is -0.849. The highest BCUT2D eigenvalue weighted by Crippen LogP contribution is 2.26. The van der Waals surface area contributed by atoms with Crippen molar-refractivity contribution in [1.29, 1.82) is 5.26 Å². The van der Waals surface area contributed by atoms with Gasteiger partial charge < -0.3 is 10.0 Å². The summed E-state index contributed by atoms with van der Waals surface area (Å²) in [6.07, 6.45) is 3.95. The van der Waals surface area contributed by atoms with E-state index in [9.17, 15) is 5.11 Å². The zero-order valence-electron chi connectivity index (χ0n) is 10.8. The van der Waals surface area contributed by atoms with Crippen molar-refractivity contribution in [2.75, 3.05) is 18.0 Å². The van der Waals surface area contributed by atoms with Crippen LogP contribution in [0.1, 0.15) is 12.1 Å². The molecule has 0 spiro atoms. The zero-order chi connectivity index (χ0) is 14.0. The number of rotatable bonds is 3. The third-order valence-electron chi connectivity index (χ3n) is 3.43. The summed E-state index contributed by atoms with van der Waals surface area (Å²) < 4.78 is 1.63. The van der Waals surface area contributed by atoms with Crippen molar-refractivity contribution in [3.8, 4) is 6.07 Å². The number of aliphatic hydroxyl groups is 1. The third kappa shape index (κ3) is 2.46. The van der Waals surface area contributed by atoms with Crippen LogP contribution in [0.3, 0.4) is 0 Å². The van der Waals surface area contributed by atoms with E-state index in [1.54, 1.807) is 29.2 Å². The summed E-state index contributed by atoms with van der Waals surface area (Å²) >= 11 is 0. The summed E-state index contributed by atoms with van der Waals surface area (Å²) in [6.45, 7) is 1.57. The first-order valence-corrected chi connectivity index (χ1v) is 6.37. The summed E-state index contributed by atoms with van der Waals surface area (Å²) in [5.41, 5.74) is -0.466. The van der Waals surface area contributed by atoms with E-state index < -0.39 is 5.60 Å². The Labute approximate surface area is 116 Å². The standard InChI is InChI=1S/C13H14N6O/c14-8-11-2-1-3-12(16-11)18-6-4-13(20,9-18)10-19-7-5-15-17-19/h1-3,5,7,20H,4,6,9-10H2. The Morgan fingerprint density at radius 2 is 2.35 bits per heavy atom. The lowest BCUT2D eigenvalue weighted by molar-refractivity contribution is 0.0408. The predicted molar refractivity (Wildman–Crippen MR) is 70.8 cm³/mol. The lowest BCUT2D eigenvalue weighted by atomic mass is 10.0. The van der Waals surface area contributed by atoms with Crippen LogP contribution in [0.4, 0.5) is 5.82 Å².